The van der Waals surface area contributed by atoms with Gasteiger partial charge in [0.2, 0.25) is 0 Å². The Hall–Kier alpha value is -2.44. The summed E-state index contributed by atoms with van der Waals surface area (Å²) in [4.78, 5) is 4.34. The van der Waals surface area contributed by atoms with Gasteiger partial charge in [-0.15, -0.1) is 0 Å². The number of likely N-dealkylation sites (N-methyl/N-ethyl adjacent to an activating group) is 1. The van der Waals surface area contributed by atoms with E-state index in [1.54, 1.807) is 13.0 Å². The molecule has 160 valence electrons. The Morgan fingerprint density at radius 1 is 1.20 bits per heavy atom. The molecule has 0 radical (unpaired) electrons. The Morgan fingerprint density at radius 2 is 1.87 bits per heavy atom. The summed E-state index contributed by atoms with van der Waals surface area (Å²) in [7, 11) is -1.80. The first-order valence-electron chi connectivity index (χ1n) is 10.0. The van der Waals surface area contributed by atoms with Crippen molar-refractivity contribution in [3.8, 4) is 6.07 Å². The summed E-state index contributed by atoms with van der Waals surface area (Å²) < 4.78 is 27.2. The number of nitrogens with zero attached hydrogens (tertiary/aromatic N) is 3. The molecule has 7 nitrogen and oxygen atoms in total. The monoisotopic (exact) mass is 428 g/mol. The SMILES string of the molecule is CC(CO)CNS(=O)(=O)C(C#N)=Cc1ccc2cc(N3CCN(C)CC3)ccc2c1. The van der Waals surface area contributed by atoms with Crippen LogP contribution in [0.4, 0.5) is 5.69 Å². The number of allylic oxidation sites excluding steroid dienone is 1. The molecule has 3 rings (SSSR count). The molecule has 1 atom stereocenters. The number of piperazine rings is 1. The molecular formula is C22H28N4O3S. The molecule has 2 N–H and O–H groups in total. The largest absolute Gasteiger partial charge is 0.396 e. The van der Waals surface area contributed by atoms with Crippen LogP contribution in [0.1, 0.15) is 12.5 Å². The maximum atomic E-state index is 12.4. The van der Waals surface area contributed by atoms with E-state index in [-0.39, 0.29) is 24.0 Å². The molecule has 2 aromatic rings. The topological polar surface area (TPSA) is 96.7 Å². The van der Waals surface area contributed by atoms with Gasteiger partial charge in [-0.3, -0.25) is 0 Å². The van der Waals surface area contributed by atoms with E-state index in [2.05, 4.69) is 33.7 Å². The zero-order valence-electron chi connectivity index (χ0n) is 17.4. The fourth-order valence-corrected chi connectivity index (χ4v) is 4.39. The first kappa shape index (κ1) is 22.2. The third-order valence-corrected chi connectivity index (χ3v) is 6.68. The lowest BCUT2D eigenvalue weighted by atomic mass is 10.1. The Labute approximate surface area is 178 Å². The molecule has 1 fully saturated rings. The lowest BCUT2D eigenvalue weighted by molar-refractivity contribution is 0.239. The second kappa shape index (κ2) is 9.58. The van der Waals surface area contributed by atoms with Crippen molar-refractivity contribution in [2.24, 2.45) is 5.92 Å². The fraction of sp³-hybridized carbons (Fsp3) is 0.409. The smallest absolute Gasteiger partial charge is 0.250 e. The van der Waals surface area contributed by atoms with E-state index < -0.39 is 10.0 Å². The highest BCUT2D eigenvalue weighted by molar-refractivity contribution is 7.93. The zero-order valence-corrected chi connectivity index (χ0v) is 18.2. The maximum absolute atomic E-state index is 12.4. The van der Waals surface area contributed by atoms with E-state index in [1.807, 2.05) is 24.3 Å². The molecule has 0 aromatic heterocycles. The van der Waals surface area contributed by atoms with Gasteiger partial charge >= 0.3 is 0 Å². The summed E-state index contributed by atoms with van der Waals surface area (Å²) in [5, 5.41) is 20.5. The van der Waals surface area contributed by atoms with Crippen molar-refractivity contribution in [3.05, 3.63) is 46.9 Å². The minimum Gasteiger partial charge on any atom is -0.396 e. The second-order valence-electron chi connectivity index (χ2n) is 7.84. The highest BCUT2D eigenvalue weighted by atomic mass is 32.2. The average Bonchev–Trinajstić information content (AvgIpc) is 2.75. The van der Waals surface area contributed by atoms with Crippen molar-refractivity contribution in [2.75, 3.05) is 51.3 Å². The summed E-state index contributed by atoms with van der Waals surface area (Å²) in [6.07, 6.45) is 1.37. The molecule has 0 amide bonds. The Balaban J connectivity index is 1.82. The average molecular weight is 429 g/mol. The van der Waals surface area contributed by atoms with Crippen molar-refractivity contribution in [1.82, 2.24) is 9.62 Å². The molecule has 0 aliphatic carbocycles. The number of aliphatic hydroxyl groups is 1. The predicted octanol–water partition coefficient (Wildman–Crippen LogP) is 2.00. The number of sulfonamides is 1. The third kappa shape index (κ3) is 5.37. The van der Waals surface area contributed by atoms with Crippen LogP contribution in [-0.4, -0.2) is 64.8 Å². The minimum absolute atomic E-state index is 0.0740. The van der Waals surface area contributed by atoms with Crippen molar-refractivity contribution >= 4 is 32.6 Å². The molecule has 1 aliphatic heterocycles. The quantitative estimate of drug-likeness (QED) is 0.655. The molecule has 30 heavy (non-hydrogen) atoms. The number of benzene rings is 2. The van der Waals surface area contributed by atoms with Crippen molar-refractivity contribution in [1.29, 1.82) is 5.26 Å². The summed E-state index contributed by atoms with van der Waals surface area (Å²) >= 11 is 0. The van der Waals surface area contributed by atoms with Gasteiger partial charge in [-0.2, -0.15) is 5.26 Å². The van der Waals surface area contributed by atoms with Crippen LogP contribution < -0.4 is 9.62 Å². The molecule has 1 aliphatic rings. The maximum Gasteiger partial charge on any atom is 0.250 e. The molecular weight excluding hydrogens is 400 g/mol. The van der Waals surface area contributed by atoms with Gasteiger partial charge < -0.3 is 14.9 Å². The van der Waals surface area contributed by atoms with Crippen LogP contribution >= 0.6 is 0 Å². The van der Waals surface area contributed by atoms with Crippen molar-refractivity contribution < 1.29 is 13.5 Å². The Kier molecular flexibility index (Phi) is 7.10. The zero-order chi connectivity index (χ0) is 21.7. The van der Waals surface area contributed by atoms with Crippen LogP contribution in [0.15, 0.2) is 41.3 Å². The Bertz CT molecular complexity index is 1070. The first-order valence-corrected chi connectivity index (χ1v) is 11.5. The van der Waals surface area contributed by atoms with Crippen molar-refractivity contribution in [3.63, 3.8) is 0 Å². The summed E-state index contributed by atoms with van der Waals surface area (Å²) in [6.45, 7) is 5.73. The fourth-order valence-electron chi connectivity index (χ4n) is 3.32. The van der Waals surface area contributed by atoms with Crippen LogP contribution in [0, 0.1) is 17.2 Å². The number of anilines is 1. The van der Waals surface area contributed by atoms with Crippen LogP contribution in [0.3, 0.4) is 0 Å². The minimum atomic E-state index is -3.93. The van der Waals surface area contributed by atoms with Gasteiger partial charge in [0.1, 0.15) is 6.07 Å². The predicted molar refractivity (Wildman–Crippen MR) is 120 cm³/mol. The molecule has 8 heteroatoms. The van der Waals surface area contributed by atoms with Crippen LogP contribution in [0.2, 0.25) is 0 Å². The standard InChI is InChI=1S/C22H28N4O3S/c1-17(16-27)15-24-30(28,29)22(14-23)12-18-3-4-20-13-21(6-5-19(20)11-18)26-9-7-25(2)8-10-26/h3-6,11-13,17,24,27H,7-10,15-16H2,1-2H3. The van der Waals surface area contributed by atoms with Crippen LogP contribution in [0.25, 0.3) is 16.8 Å². The summed E-state index contributed by atoms with van der Waals surface area (Å²) in [6, 6.07) is 13.7. The van der Waals surface area contributed by atoms with Gasteiger partial charge in [0.25, 0.3) is 10.0 Å². The molecule has 0 saturated carbocycles. The van der Waals surface area contributed by atoms with Gasteiger partial charge in [-0.05, 0) is 53.6 Å². The molecule has 0 spiro atoms. The van der Waals surface area contributed by atoms with E-state index in [4.69, 9.17) is 5.11 Å². The number of rotatable bonds is 7. The van der Waals surface area contributed by atoms with Gasteiger partial charge in [-0.1, -0.05) is 25.1 Å². The number of hydrogen-bond acceptors (Lipinski definition) is 6. The number of aliphatic hydroxyl groups excluding tert-OH is 1. The highest BCUT2D eigenvalue weighted by Gasteiger charge is 2.18. The van der Waals surface area contributed by atoms with Gasteiger partial charge in [0.15, 0.2) is 4.91 Å². The number of nitrogens with one attached hydrogen (secondary N) is 1. The van der Waals surface area contributed by atoms with Gasteiger partial charge in [-0.25, -0.2) is 13.1 Å². The van der Waals surface area contributed by atoms with E-state index in [1.165, 1.54) is 11.8 Å². The lowest BCUT2D eigenvalue weighted by Crippen LogP contribution is -2.44. The third-order valence-electron chi connectivity index (χ3n) is 5.35. The molecule has 1 unspecified atom stereocenters. The number of hydrogen-bond donors (Lipinski definition) is 2. The molecule has 0 bridgehead atoms. The van der Waals surface area contributed by atoms with Crippen molar-refractivity contribution in [2.45, 2.75) is 6.92 Å². The second-order valence-corrected chi connectivity index (χ2v) is 9.58. The van der Waals surface area contributed by atoms with E-state index in [9.17, 15) is 13.7 Å². The van der Waals surface area contributed by atoms with Crippen LogP contribution in [-0.2, 0) is 10.0 Å². The molecule has 1 heterocycles. The normalized spacial score (nSPS) is 17.1. The lowest BCUT2D eigenvalue weighted by Gasteiger charge is -2.34. The number of nitriles is 1. The summed E-state index contributed by atoms with van der Waals surface area (Å²) in [5.74, 6) is -0.227. The Morgan fingerprint density at radius 3 is 2.53 bits per heavy atom. The van der Waals surface area contributed by atoms with Crippen LogP contribution in [0.5, 0.6) is 0 Å². The van der Waals surface area contributed by atoms with E-state index in [0.717, 1.165) is 37.0 Å². The van der Waals surface area contributed by atoms with Gasteiger partial charge in [0, 0.05) is 45.0 Å². The molecule has 2 aromatic carbocycles. The molecule has 1 saturated heterocycles. The van der Waals surface area contributed by atoms with E-state index in [0.29, 0.717) is 5.56 Å². The first-order chi connectivity index (χ1) is 14.3. The number of fused-ring (bicyclic) bond motifs is 1. The van der Waals surface area contributed by atoms with Gasteiger partial charge in [0.05, 0.1) is 0 Å². The van der Waals surface area contributed by atoms with E-state index >= 15 is 0 Å². The summed E-state index contributed by atoms with van der Waals surface area (Å²) in [5.41, 5.74) is 1.83. The highest BCUT2D eigenvalue weighted by Crippen LogP contribution is 2.25.